The van der Waals surface area contributed by atoms with E-state index in [1.54, 1.807) is 7.11 Å². The number of hydrogen-bond donors (Lipinski definition) is 2. The molecule has 2 heterocycles. The first-order valence-electron chi connectivity index (χ1n) is 10.3. The van der Waals surface area contributed by atoms with Crippen LogP contribution < -0.4 is 15.4 Å². The molecule has 9 heteroatoms. The monoisotopic (exact) mass is 415 g/mol. The van der Waals surface area contributed by atoms with E-state index < -0.39 is 0 Å². The Hall–Kier alpha value is -2.65. The number of ether oxygens (including phenoxy) is 2. The Morgan fingerprint density at radius 1 is 1.30 bits per heavy atom. The van der Waals surface area contributed by atoms with E-state index >= 15 is 0 Å². The summed E-state index contributed by atoms with van der Waals surface area (Å²) < 4.78 is 13.2. The lowest BCUT2D eigenvalue weighted by Gasteiger charge is -2.34. The number of nitrogens with zero attached hydrogens (tertiary/aromatic N) is 5. The Labute approximate surface area is 178 Å². The van der Waals surface area contributed by atoms with Crippen molar-refractivity contribution in [3.63, 3.8) is 0 Å². The van der Waals surface area contributed by atoms with Crippen LogP contribution in [0, 0.1) is 6.92 Å². The first-order chi connectivity index (χ1) is 14.5. The third-order valence-electron chi connectivity index (χ3n) is 5.39. The van der Waals surface area contributed by atoms with E-state index in [9.17, 15) is 0 Å². The highest BCUT2D eigenvalue weighted by Gasteiger charge is 2.24. The number of morpholine rings is 1. The molecule has 1 aromatic heterocycles. The van der Waals surface area contributed by atoms with Gasteiger partial charge in [0, 0.05) is 20.1 Å². The average Bonchev–Trinajstić information content (AvgIpc) is 3.08. The predicted octanol–water partition coefficient (Wildman–Crippen LogP) is 1.09. The van der Waals surface area contributed by atoms with Gasteiger partial charge in [-0.05, 0) is 38.6 Å². The first kappa shape index (κ1) is 22.0. The molecule has 2 aromatic rings. The van der Waals surface area contributed by atoms with Gasteiger partial charge in [-0.3, -0.25) is 0 Å². The molecular formula is C21H33N7O2. The van der Waals surface area contributed by atoms with Gasteiger partial charge in [0.15, 0.2) is 11.8 Å². The number of aliphatic imine (C=N–C) groups is 1. The van der Waals surface area contributed by atoms with Crippen molar-refractivity contribution in [2.24, 2.45) is 12.0 Å². The minimum absolute atomic E-state index is 0.105. The molecule has 1 aliphatic heterocycles. The van der Waals surface area contributed by atoms with Crippen molar-refractivity contribution in [2.75, 3.05) is 33.9 Å². The molecule has 2 atom stereocenters. The molecule has 0 amide bonds. The average molecular weight is 416 g/mol. The lowest BCUT2D eigenvalue weighted by Crippen LogP contribution is -2.53. The maximum atomic E-state index is 5.96. The van der Waals surface area contributed by atoms with Gasteiger partial charge in [-0.25, -0.2) is 4.99 Å². The normalized spacial score (nSPS) is 18.8. The summed E-state index contributed by atoms with van der Waals surface area (Å²) >= 11 is 0. The van der Waals surface area contributed by atoms with Crippen LogP contribution in [0.4, 0.5) is 0 Å². The quantitative estimate of drug-likeness (QED) is 0.517. The maximum absolute atomic E-state index is 5.96. The zero-order valence-electron chi connectivity index (χ0n) is 18.6. The van der Waals surface area contributed by atoms with E-state index in [-0.39, 0.29) is 12.1 Å². The molecule has 0 bridgehead atoms. The topological polar surface area (TPSA) is 88.8 Å². The zero-order valence-corrected chi connectivity index (χ0v) is 18.6. The highest BCUT2D eigenvalue weighted by atomic mass is 16.5. The van der Waals surface area contributed by atoms with Crippen LogP contribution in [0.15, 0.2) is 29.3 Å². The van der Waals surface area contributed by atoms with E-state index in [4.69, 9.17) is 14.5 Å². The lowest BCUT2D eigenvalue weighted by molar-refractivity contribution is -0.0324. The van der Waals surface area contributed by atoms with Crippen LogP contribution in [0.3, 0.4) is 0 Å². The van der Waals surface area contributed by atoms with Gasteiger partial charge in [0.25, 0.3) is 0 Å². The van der Waals surface area contributed by atoms with E-state index in [0.29, 0.717) is 13.1 Å². The maximum Gasteiger partial charge on any atom is 0.192 e. The van der Waals surface area contributed by atoms with Gasteiger partial charge in [0.1, 0.15) is 11.6 Å². The largest absolute Gasteiger partial charge is 0.497 e. The SMILES string of the molecule is COc1ccc(CN=C(NCc2nnc(C)n2C)NC(C)C2CN(C)CCO2)cc1. The summed E-state index contributed by atoms with van der Waals surface area (Å²) in [6.07, 6.45) is 0.105. The molecule has 2 unspecified atom stereocenters. The zero-order chi connectivity index (χ0) is 21.5. The van der Waals surface area contributed by atoms with E-state index in [2.05, 4.69) is 39.7 Å². The third-order valence-corrected chi connectivity index (χ3v) is 5.39. The fourth-order valence-corrected chi connectivity index (χ4v) is 3.24. The second kappa shape index (κ2) is 10.4. The van der Waals surface area contributed by atoms with Gasteiger partial charge >= 0.3 is 0 Å². The Balaban J connectivity index is 1.68. The molecule has 30 heavy (non-hydrogen) atoms. The highest BCUT2D eigenvalue weighted by molar-refractivity contribution is 5.80. The summed E-state index contributed by atoms with van der Waals surface area (Å²) in [6.45, 7) is 7.75. The lowest BCUT2D eigenvalue weighted by atomic mass is 10.1. The van der Waals surface area contributed by atoms with Crippen molar-refractivity contribution in [3.8, 4) is 5.75 Å². The number of benzene rings is 1. The molecular weight excluding hydrogens is 382 g/mol. The molecule has 9 nitrogen and oxygen atoms in total. The fraction of sp³-hybridized carbons (Fsp3) is 0.571. The van der Waals surface area contributed by atoms with Crippen LogP contribution in [-0.4, -0.2) is 71.6 Å². The molecule has 2 N–H and O–H groups in total. The van der Waals surface area contributed by atoms with E-state index in [1.807, 2.05) is 42.8 Å². The van der Waals surface area contributed by atoms with Crippen LogP contribution in [0.25, 0.3) is 0 Å². The summed E-state index contributed by atoms with van der Waals surface area (Å²) in [5, 5.41) is 15.2. The van der Waals surface area contributed by atoms with E-state index in [0.717, 1.165) is 48.6 Å². The summed E-state index contributed by atoms with van der Waals surface area (Å²) in [6, 6.07) is 8.05. The number of rotatable bonds is 7. The molecule has 0 aliphatic carbocycles. The first-order valence-corrected chi connectivity index (χ1v) is 10.3. The Kier molecular flexibility index (Phi) is 7.64. The second-order valence-corrected chi connectivity index (χ2v) is 7.69. The molecule has 0 radical (unpaired) electrons. The van der Waals surface area contributed by atoms with Crippen molar-refractivity contribution in [2.45, 2.75) is 39.1 Å². The predicted molar refractivity (Wildman–Crippen MR) is 117 cm³/mol. The van der Waals surface area contributed by atoms with E-state index in [1.165, 1.54) is 0 Å². The van der Waals surface area contributed by atoms with Crippen molar-refractivity contribution >= 4 is 5.96 Å². The van der Waals surface area contributed by atoms with Crippen molar-refractivity contribution in [1.82, 2.24) is 30.3 Å². The second-order valence-electron chi connectivity index (χ2n) is 7.69. The molecule has 3 rings (SSSR count). The van der Waals surface area contributed by atoms with Gasteiger partial charge in [0.05, 0.1) is 39.0 Å². The highest BCUT2D eigenvalue weighted by Crippen LogP contribution is 2.12. The molecule has 1 saturated heterocycles. The smallest absolute Gasteiger partial charge is 0.192 e. The number of hydrogen-bond acceptors (Lipinski definition) is 6. The van der Waals surface area contributed by atoms with Crippen LogP contribution in [0.2, 0.25) is 0 Å². The number of guanidine groups is 1. The molecule has 0 spiro atoms. The molecule has 1 aromatic carbocycles. The number of aromatic nitrogens is 3. The van der Waals surface area contributed by atoms with Gasteiger partial charge in [-0.1, -0.05) is 12.1 Å². The molecule has 164 valence electrons. The van der Waals surface area contributed by atoms with Crippen LogP contribution in [0.1, 0.15) is 24.1 Å². The van der Waals surface area contributed by atoms with Crippen molar-refractivity contribution in [3.05, 3.63) is 41.5 Å². The van der Waals surface area contributed by atoms with Crippen molar-refractivity contribution in [1.29, 1.82) is 0 Å². The summed E-state index contributed by atoms with van der Waals surface area (Å²) in [5.41, 5.74) is 1.10. The molecule has 1 fully saturated rings. The van der Waals surface area contributed by atoms with Gasteiger partial charge in [-0.2, -0.15) is 0 Å². The minimum Gasteiger partial charge on any atom is -0.497 e. The van der Waals surface area contributed by atoms with Crippen LogP contribution in [-0.2, 0) is 24.9 Å². The Bertz CT molecular complexity index is 834. The van der Waals surface area contributed by atoms with Gasteiger partial charge < -0.3 is 29.6 Å². The molecule has 0 saturated carbocycles. The summed E-state index contributed by atoms with van der Waals surface area (Å²) in [4.78, 5) is 7.07. The molecule has 1 aliphatic rings. The van der Waals surface area contributed by atoms with Gasteiger partial charge in [-0.15, -0.1) is 10.2 Å². The Morgan fingerprint density at radius 2 is 2.07 bits per heavy atom. The number of likely N-dealkylation sites (N-methyl/N-ethyl adjacent to an activating group) is 1. The minimum atomic E-state index is 0.105. The number of nitrogens with one attached hydrogen (secondary N) is 2. The fourth-order valence-electron chi connectivity index (χ4n) is 3.24. The summed E-state index contributed by atoms with van der Waals surface area (Å²) in [5.74, 6) is 3.29. The van der Waals surface area contributed by atoms with Crippen LogP contribution in [0.5, 0.6) is 5.75 Å². The van der Waals surface area contributed by atoms with Crippen LogP contribution >= 0.6 is 0 Å². The number of methoxy groups -OCH3 is 1. The van der Waals surface area contributed by atoms with Gasteiger partial charge in [0.2, 0.25) is 0 Å². The number of aryl methyl sites for hydroxylation is 1. The third kappa shape index (κ3) is 5.93. The standard InChI is InChI=1S/C21H33N7O2/c1-15(19-14-27(3)10-11-30-19)24-21(23-13-20-26-25-16(2)28(20)4)22-12-17-6-8-18(29-5)9-7-17/h6-9,15,19H,10-14H2,1-5H3,(H2,22,23,24). The summed E-state index contributed by atoms with van der Waals surface area (Å²) in [7, 11) is 5.75. The Morgan fingerprint density at radius 3 is 2.70 bits per heavy atom. The van der Waals surface area contributed by atoms with Crippen molar-refractivity contribution < 1.29 is 9.47 Å².